The van der Waals surface area contributed by atoms with E-state index in [0.29, 0.717) is 0 Å². The van der Waals surface area contributed by atoms with Crippen LogP contribution in [0.5, 0.6) is 0 Å². The van der Waals surface area contributed by atoms with Crippen LogP contribution in [-0.4, -0.2) is 4.98 Å². The summed E-state index contributed by atoms with van der Waals surface area (Å²) < 4.78 is 0. The van der Waals surface area contributed by atoms with Gasteiger partial charge in [0.2, 0.25) is 0 Å². The molecule has 0 fully saturated rings. The van der Waals surface area contributed by atoms with E-state index in [4.69, 9.17) is 5.73 Å². The average molecular weight is 212 g/mol. The molecule has 1 atom stereocenters. The fourth-order valence-corrected chi connectivity index (χ4v) is 1.85. The molecule has 2 rings (SSSR count). The zero-order valence-electron chi connectivity index (χ0n) is 9.64. The number of rotatable bonds is 2. The highest BCUT2D eigenvalue weighted by Gasteiger charge is 2.11. The van der Waals surface area contributed by atoms with Gasteiger partial charge in [0.05, 0.1) is 6.04 Å². The highest BCUT2D eigenvalue weighted by Crippen LogP contribution is 2.23. The van der Waals surface area contributed by atoms with Gasteiger partial charge in [-0.2, -0.15) is 0 Å². The summed E-state index contributed by atoms with van der Waals surface area (Å²) in [6.07, 6.45) is 3.59. The third-order valence-corrected chi connectivity index (χ3v) is 3.03. The van der Waals surface area contributed by atoms with Crippen molar-refractivity contribution in [1.29, 1.82) is 0 Å². The number of hydrogen-bond acceptors (Lipinski definition) is 2. The van der Waals surface area contributed by atoms with E-state index < -0.39 is 0 Å². The minimum Gasteiger partial charge on any atom is -0.320 e. The molecule has 0 spiro atoms. The van der Waals surface area contributed by atoms with Crippen LogP contribution >= 0.6 is 0 Å². The van der Waals surface area contributed by atoms with Gasteiger partial charge in [-0.05, 0) is 42.2 Å². The fourth-order valence-electron chi connectivity index (χ4n) is 1.85. The lowest BCUT2D eigenvalue weighted by Gasteiger charge is -2.16. The second-order valence-electron chi connectivity index (χ2n) is 4.05. The first-order chi connectivity index (χ1) is 7.70. The van der Waals surface area contributed by atoms with Gasteiger partial charge in [0, 0.05) is 12.4 Å². The SMILES string of the molecule is Cc1cccc(C(N)c2cccnc2)c1C. The molecule has 1 aromatic heterocycles. The second-order valence-corrected chi connectivity index (χ2v) is 4.05. The summed E-state index contributed by atoms with van der Waals surface area (Å²) in [6.45, 7) is 4.22. The molecule has 82 valence electrons. The third kappa shape index (κ3) is 1.97. The number of nitrogens with zero attached hydrogens (tertiary/aromatic N) is 1. The molecule has 2 heteroatoms. The topological polar surface area (TPSA) is 38.9 Å². The van der Waals surface area contributed by atoms with Gasteiger partial charge < -0.3 is 5.73 Å². The molecule has 16 heavy (non-hydrogen) atoms. The van der Waals surface area contributed by atoms with Crippen LogP contribution in [0.15, 0.2) is 42.7 Å². The van der Waals surface area contributed by atoms with E-state index in [9.17, 15) is 0 Å². The molecular weight excluding hydrogens is 196 g/mol. The van der Waals surface area contributed by atoms with E-state index in [-0.39, 0.29) is 6.04 Å². The molecule has 2 nitrogen and oxygen atoms in total. The minimum absolute atomic E-state index is 0.0893. The lowest BCUT2D eigenvalue weighted by atomic mass is 9.94. The summed E-state index contributed by atoms with van der Waals surface area (Å²) in [7, 11) is 0. The van der Waals surface area contributed by atoms with Gasteiger partial charge >= 0.3 is 0 Å². The summed E-state index contributed by atoms with van der Waals surface area (Å²) in [5.74, 6) is 0. The molecule has 1 unspecified atom stereocenters. The van der Waals surface area contributed by atoms with Gasteiger partial charge in [-0.25, -0.2) is 0 Å². The highest BCUT2D eigenvalue weighted by atomic mass is 14.7. The molecule has 0 aliphatic carbocycles. The van der Waals surface area contributed by atoms with Crippen LogP contribution in [0, 0.1) is 13.8 Å². The first-order valence-electron chi connectivity index (χ1n) is 5.42. The standard InChI is InChI=1S/C14H16N2/c1-10-5-3-7-13(11(10)2)14(15)12-6-4-8-16-9-12/h3-9,14H,15H2,1-2H3. The largest absolute Gasteiger partial charge is 0.320 e. The molecule has 2 aromatic rings. The monoisotopic (exact) mass is 212 g/mol. The summed E-state index contributed by atoms with van der Waals surface area (Å²) in [4.78, 5) is 4.10. The Kier molecular flexibility index (Phi) is 3.02. The molecule has 0 amide bonds. The molecule has 0 aliphatic rings. The van der Waals surface area contributed by atoms with E-state index >= 15 is 0 Å². The van der Waals surface area contributed by atoms with Crippen LogP contribution in [0.25, 0.3) is 0 Å². The van der Waals surface area contributed by atoms with Crippen LogP contribution < -0.4 is 5.73 Å². The van der Waals surface area contributed by atoms with Gasteiger partial charge in [-0.1, -0.05) is 24.3 Å². The smallest absolute Gasteiger partial charge is 0.0569 e. The van der Waals surface area contributed by atoms with E-state index in [2.05, 4.69) is 31.0 Å². The van der Waals surface area contributed by atoms with Crippen molar-refractivity contribution in [2.45, 2.75) is 19.9 Å². The average Bonchev–Trinajstić information content (AvgIpc) is 2.33. The quantitative estimate of drug-likeness (QED) is 0.831. The molecule has 1 aromatic carbocycles. The van der Waals surface area contributed by atoms with Crippen molar-refractivity contribution in [2.75, 3.05) is 0 Å². The molecule has 1 heterocycles. The lowest BCUT2D eigenvalue weighted by Crippen LogP contribution is -2.13. The molecule has 2 N–H and O–H groups in total. The van der Waals surface area contributed by atoms with Crippen molar-refractivity contribution in [2.24, 2.45) is 5.73 Å². The number of aromatic nitrogens is 1. The first-order valence-corrected chi connectivity index (χ1v) is 5.42. The Morgan fingerprint density at radius 3 is 2.62 bits per heavy atom. The van der Waals surface area contributed by atoms with Gasteiger partial charge in [0.25, 0.3) is 0 Å². The zero-order chi connectivity index (χ0) is 11.5. The number of pyridine rings is 1. The number of hydrogen-bond donors (Lipinski definition) is 1. The summed E-state index contributed by atoms with van der Waals surface area (Å²) in [5.41, 5.74) is 11.0. The van der Waals surface area contributed by atoms with Gasteiger partial charge in [-0.15, -0.1) is 0 Å². The Bertz CT molecular complexity index is 477. The third-order valence-electron chi connectivity index (χ3n) is 3.03. The molecule has 0 aliphatic heterocycles. The Balaban J connectivity index is 2.42. The maximum atomic E-state index is 6.25. The summed E-state index contributed by atoms with van der Waals surface area (Å²) in [5, 5.41) is 0. The van der Waals surface area contributed by atoms with Gasteiger partial charge in [0.15, 0.2) is 0 Å². The van der Waals surface area contributed by atoms with Crippen molar-refractivity contribution >= 4 is 0 Å². The van der Waals surface area contributed by atoms with Crippen LogP contribution in [0.3, 0.4) is 0 Å². The first kappa shape index (κ1) is 10.8. The van der Waals surface area contributed by atoms with Crippen molar-refractivity contribution in [3.63, 3.8) is 0 Å². The number of aryl methyl sites for hydroxylation is 1. The van der Waals surface area contributed by atoms with E-state index in [1.165, 1.54) is 16.7 Å². The molecule has 0 saturated heterocycles. The minimum atomic E-state index is -0.0893. The predicted molar refractivity (Wildman–Crippen MR) is 66.2 cm³/mol. The lowest BCUT2D eigenvalue weighted by molar-refractivity contribution is 0.851. The van der Waals surface area contributed by atoms with Crippen molar-refractivity contribution < 1.29 is 0 Å². The Hall–Kier alpha value is -1.67. The van der Waals surface area contributed by atoms with Gasteiger partial charge in [-0.3, -0.25) is 4.98 Å². The molecule has 0 radical (unpaired) electrons. The Labute approximate surface area is 96.1 Å². The number of nitrogens with two attached hydrogens (primary N) is 1. The van der Waals surface area contributed by atoms with Crippen molar-refractivity contribution in [3.05, 3.63) is 65.0 Å². The van der Waals surface area contributed by atoms with Crippen molar-refractivity contribution in [3.8, 4) is 0 Å². The maximum absolute atomic E-state index is 6.25. The van der Waals surface area contributed by atoms with E-state index in [0.717, 1.165) is 5.56 Å². The zero-order valence-corrected chi connectivity index (χ0v) is 9.64. The normalized spacial score (nSPS) is 12.4. The summed E-state index contributed by atoms with van der Waals surface area (Å²) in [6, 6.07) is 10.1. The van der Waals surface area contributed by atoms with Crippen LogP contribution in [0.1, 0.15) is 28.3 Å². The second kappa shape index (κ2) is 4.45. The summed E-state index contributed by atoms with van der Waals surface area (Å²) >= 11 is 0. The van der Waals surface area contributed by atoms with Crippen LogP contribution in [0.2, 0.25) is 0 Å². The predicted octanol–water partition coefficient (Wildman–Crippen LogP) is 2.75. The molecular formula is C14H16N2. The number of benzene rings is 1. The van der Waals surface area contributed by atoms with Crippen LogP contribution in [0.4, 0.5) is 0 Å². The fraction of sp³-hybridized carbons (Fsp3) is 0.214. The van der Waals surface area contributed by atoms with E-state index in [1.807, 2.05) is 24.4 Å². The maximum Gasteiger partial charge on any atom is 0.0569 e. The van der Waals surface area contributed by atoms with Crippen LogP contribution in [-0.2, 0) is 0 Å². The van der Waals surface area contributed by atoms with Gasteiger partial charge in [0.1, 0.15) is 0 Å². The Morgan fingerprint density at radius 1 is 1.12 bits per heavy atom. The van der Waals surface area contributed by atoms with E-state index in [1.54, 1.807) is 6.20 Å². The molecule has 0 bridgehead atoms. The van der Waals surface area contributed by atoms with Crippen molar-refractivity contribution in [1.82, 2.24) is 4.98 Å². The molecule has 0 saturated carbocycles. The highest BCUT2D eigenvalue weighted by molar-refractivity contribution is 5.39. The Morgan fingerprint density at radius 2 is 1.94 bits per heavy atom.